The highest BCUT2D eigenvalue weighted by Crippen LogP contribution is 2.30. The second kappa shape index (κ2) is 5.95. The Balaban J connectivity index is 2.22. The summed E-state index contributed by atoms with van der Waals surface area (Å²) in [5.74, 6) is 0.885. The number of hydrogen-bond acceptors (Lipinski definition) is 2. The number of rotatable bonds is 4. The number of benzene rings is 1. The molecule has 0 fully saturated rings. The Kier molecular flexibility index (Phi) is 4.20. The lowest BCUT2D eigenvalue weighted by atomic mass is 10.1. The van der Waals surface area contributed by atoms with Gasteiger partial charge in [-0.25, -0.2) is 9.37 Å². The van der Waals surface area contributed by atoms with Crippen LogP contribution in [0.15, 0.2) is 29.0 Å². The van der Waals surface area contributed by atoms with E-state index < -0.39 is 5.82 Å². The normalized spacial score (nSPS) is 13.0. The fourth-order valence-corrected chi connectivity index (χ4v) is 3.57. The average Bonchev–Trinajstić information content (AvgIpc) is 3.07. The van der Waals surface area contributed by atoms with E-state index in [-0.39, 0.29) is 11.1 Å². The van der Waals surface area contributed by atoms with Gasteiger partial charge in [0, 0.05) is 18.4 Å². The predicted molar refractivity (Wildman–Crippen MR) is 87.3 cm³/mol. The molecule has 0 saturated carbocycles. The molecule has 0 aliphatic carbocycles. The number of fused-ring (bicyclic) bond motifs is 1. The van der Waals surface area contributed by atoms with E-state index in [0.29, 0.717) is 17.8 Å². The molecule has 1 unspecified atom stereocenters. The summed E-state index contributed by atoms with van der Waals surface area (Å²) in [6, 6.07) is 5.16. The van der Waals surface area contributed by atoms with Gasteiger partial charge >= 0.3 is 0 Å². The van der Waals surface area contributed by atoms with Crippen LogP contribution in [0.4, 0.5) is 4.39 Å². The Labute approximate surface area is 136 Å². The molecule has 3 rings (SSSR count). The lowest BCUT2D eigenvalue weighted by molar-refractivity contribution is 0.614. The number of hydrogen-bond donors (Lipinski definition) is 0. The van der Waals surface area contributed by atoms with Gasteiger partial charge in [0.25, 0.3) is 0 Å². The molecule has 1 atom stereocenters. The molecule has 110 valence electrons. The maximum atomic E-state index is 13.8. The number of thiophene rings is 1. The molecular formula is C15H13Cl2FN2S. The van der Waals surface area contributed by atoms with Crippen molar-refractivity contribution >= 4 is 45.6 Å². The van der Waals surface area contributed by atoms with Gasteiger partial charge in [0.05, 0.1) is 22.1 Å². The predicted octanol–water partition coefficient (Wildman–Crippen LogP) is 5.28. The fraction of sp³-hybridized carbons (Fsp3) is 0.267. The van der Waals surface area contributed by atoms with Gasteiger partial charge in [-0.3, -0.25) is 0 Å². The number of aryl methyl sites for hydroxylation is 1. The Hall–Kier alpha value is -1.10. The number of halogens is 3. The quantitative estimate of drug-likeness (QED) is 0.589. The third-order valence-electron chi connectivity index (χ3n) is 3.54. The molecule has 0 aliphatic heterocycles. The van der Waals surface area contributed by atoms with E-state index in [9.17, 15) is 4.39 Å². The second-order valence-electron chi connectivity index (χ2n) is 4.82. The average molecular weight is 343 g/mol. The molecule has 0 amide bonds. The van der Waals surface area contributed by atoms with Crippen molar-refractivity contribution in [2.24, 2.45) is 0 Å². The Morgan fingerprint density at radius 3 is 2.90 bits per heavy atom. The first-order valence-electron chi connectivity index (χ1n) is 6.55. The lowest BCUT2D eigenvalue weighted by Crippen LogP contribution is -2.10. The largest absolute Gasteiger partial charge is 0.320 e. The van der Waals surface area contributed by atoms with Crippen molar-refractivity contribution < 1.29 is 4.39 Å². The zero-order valence-electron chi connectivity index (χ0n) is 11.3. The molecule has 2 nitrogen and oxygen atoms in total. The standard InChI is InChI=1S/C15H13Cl2FN2S/c1-9(10-3-5-21-8-10)20-14-7-12(18)11(17)6-13(14)19-15(20)2-4-16/h3,5-9H,2,4H2,1H3. The van der Waals surface area contributed by atoms with Crippen molar-refractivity contribution in [1.29, 1.82) is 0 Å². The molecular weight excluding hydrogens is 330 g/mol. The summed E-state index contributed by atoms with van der Waals surface area (Å²) in [6.45, 7) is 2.08. The summed E-state index contributed by atoms with van der Waals surface area (Å²) in [5, 5.41) is 4.21. The number of imidazole rings is 1. The van der Waals surface area contributed by atoms with Crippen LogP contribution in [0.2, 0.25) is 5.02 Å². The lowest BCUT2D eigenvalue weighted by Gasteiger charge is -2.16. The molecule has 2 aromatic heterocycles. The van der Waals surface area contributed by atoms with Gasteiger partial charge < -0.3 is 4.57 Å². The molecule has 0 radical (unpaired) electrons. The van der Waals surface area contributed by atoms with Crippen LogP contribution >= 0.6 is 34.5 Å². The van der Waals surface area contributed by atoms with Crippen LogP contribution in [0.25, 0.3) is 11.0 Å². The van der Waals surface area contributed by atoms with Gasteiger partial charge in [-0.05, 0) is 35.4 Å². The highest BCUT2D eigenvalue weighted by molar-refractivity contribution is 7.07. The molecule has 0 N–H and O–H groups in total. The van der Waals surface area contributed by atoms with Gasteiger partial charge in [-0.15, -0.1) is 11.6 Å². The second-order valence-corrected chi connectivity index (χ2v) is 6.39. The smallest absolute Gasteiger partial charge is 0.144 e. The van der Waals surface area contributed by atoms with Crippen molar-refractivity contribution in [3.8, 4) is 0 Å². The molecule has 3 aromatic rings. The van der Waals surface area contributed by atoms with Crippen LogP contribution in [0.1, 0.15) is 24.4 Å². The molecule has 6 heteroatoms. The molecule has 21 heavy (non-hydrogen) atoms. The highest BCUT2D eigenvalue weighted by atomic mass is 35.5. The molecule has 0 aliphatic rings. The minimum Gasteiger partial charge on any atom is -0.320 e. The first-order valence-corrected chi connectivity index (χ1v) is 8.41. The first kappa shape index (κ1) is 14.8. The Bertz CT molecular complexity index is 768. The summed E-state index contributed by atoms with van der Waals surface area (Å²) in [7, 11) is 0. The van der Waals surface area contributed by atoms with Crippen molar-refractivity contribution in [2.75, 3.05) is 5.88 Å². The van der Waals surface area contributed by atoms with Crippen molar-refractivity contribution in [2.45, 2.75) is 19.4 Å². The van der Waals surface area contributed by atoms with Gasteiger partial charge in [-0.2, -0.15) is 11.3 Å². The molecule has 1 aromatic carbocycles. The van der Waals surface area contributed by atoms with E-state index in [1.165, 1.54) is 11.6 Å². The third kappa shape index (κ3) is 2.68. The topological polar surface area (TPSA) is 17.8 Å². The van der Waals surface area contributed by atoms with E-state index in [1.807, 2.05) is 9.95 Å². The highest BCUT2D eigenvalue weighted by Gasteiger charge is 2.19. The molecule has 2 heterocycles. The number of aromatic nitrogens is 2. The minimum absolute atomic E-state index is 0.0695. The van der Waals surface area contributed by atoms with Crippen LogP contribution in [0.5, 0.6) is 0 Å². The summed E-state index contributed by atoms with van der Waals surface area (Å²) in [5.41, 5.74) is 2.62. The number of alkyl halides is 1. The van der Waals surface area contributed by atoms with E-state index in [1.54, 1.807) is 17.4 Å². The Morgan fingerprint density at radius 1 is 1.43 bits per heavy atom. The monoisotopic (exact) mass is 342 g/mol. The third-order valence-corrected chi connectivity index (χ3v) is 4.72. The van der Waals surface area contributed by atoms with Gasteiger partial charge in [0.2, 0.25) is 0 Å². The maximum Gasteiger partial charge on any atom is 0.144 e. The van der Waals surface area contributed by atoms with Gasteiger partial charge in [-0.1, -0.05) is 11.6 Å². The van der Waals surface area contributed by atoms with Crippen molar-refractivity contribution in [1.82, 2.24) is 9.55 Å². The van der Waals surface area contributed by atoms with Gasteiger partial charge in [0.1, 0.15) is 11.6 Å². The molecule has 0 spiro atoms. The van der Waals surface area contributed by atoms with E-state index >= 15 is 0 Å². The van der Waals surface area contributed by atoms with Crippen molar-refractivity contribution in [3.05, 3.63) is 51.2 Å². The van der Waals surface area contributed by atoms with E-state index in [0.717, 1.165) is 11.3 Å². The zero-order valence-corrected chi connectivity index (χ0v) is 13.6. The summed E-state index contributed by atoms with van der Waals surface area (Å²) in [6.07, 6.45) is 0.629. The zero-order chi connectivity index (χ0) is 15.0. The van der Waals surface area contributed by atoms with Crippen LogP contribution in [-0.4, -0.2) is 15.4 Å². The fourth-order valence-electron chi connectivity index (χ4n) is 2.50. The van der Waals surface area contributed by atoms with E-state index in [4.69, 9.17) is 23.2 Å². The van der Waals surface area contributed by atoms with Crippen LogP contribution < -0.4 is 0 Å². The van der Waals surface area contributed by atoms with Crippen LogP contribution in [0.3, 0.4) is 0 Å². The van der Waals surface area contributed by atoms with Crippen molar-refractivity contribution in [3.63, 3.8) is 0 Å². The molecule has 0 saturated heterocycles. The van der Waals surface area contributed by atoms with Gasteiger partial charge in [0.15, 0.2) is 0 Å². The summed E-state index contributed by atoms with van der Waals surface area (Å²) in [4.78, 5) is 4.57. The maximum absolute atomic E-state index is 13.8. The SMILES string of the molecule is CC(c1ccsc1)n1c(CCCl)nc2cc(Cl)c(F)cc21. The van der Waals surface area contributed by atoms with Crippen LogP contribution in [-0.2, 0) is 6.42 Å². The number of nitrogens with zero attached hydrogens (tertiary/aromatic N) is 2. The van der Waals surface area contributed by atoms with Crippen LogP contribution in [0, 0.1) is 5.82 Å². The minimum atomic E-state index is -0.430. The Morgan fingerprint density at radius 2 is 2.24 bits per heavy atom. The first-order chi connectivity index (χ1) is 10.1. The summed E-state index contributed by atoms with van der Waals surface area (Å²) < 4.78 is 15.9. The molecule has 0 bridgehead atoms. The van der Waals surface area contributed by atoms with E-state index in [2.05, 4.69) is 23.4 Å². The summed E-state index contributed by atoms with van der Waals surface area (Å²) >= 11 is 13.4.